The average Bonchev–Trinajstić information content (AvgIpc) is 2.67. The van der Waals surface area contributed by atoms with Crippen LogP contribution in [0.1, 0.15) is 19.3 Å². The van der Waals surface area contributed by atoms with Crippen molar-refractivity contribution in [2.45, 2.75) is 31.3 Å². The minimum absolute atomic E-state index is 0.148. The van der Waals surface area contributed by atoms with E-state index in [9.17, 15) is 4.79 Å². The van der Waals surface area contributed by atoms with Crippen LogP contribution in [-0.4, -0.2) is 54.5 Å². The molecule has 1 aliphatic heterocycles. The largest absolute Gasteiger partial charge is 0.465 e. The summed E-state index contributed by atoms with van der Waals surface area (Å²) < 4.78 is 5.30. The zero-order valence-electron chi connectivity index (χ0n) is 8.82. The van der Waals surface area contributed by atoms with E-state index in [2.05, 4.69) is 10.2 Å². The second-order valence-electron chi connectivity index (χ2n) is 4.26. The zero-order chi connectivity index (χ0) is 10.7. The maximum absolute atomic E-state index is 10.5. The van der Waals surface area contributed by atoms with Gasteiger partial charge in [-0.2, -0.15) is 0 Å². The predicted molar refractivity (Wildman–Crippen MR) is 55.0 cm³/mol. The fourth-order valence-corrected chi connectivity index (χ4v) is 2.54. The smallest absolute Gasteiger partial charge is 0.404 e. The molecule has 15 heavy (non-hydrogen) atoms. The Morgan fingerprint density at radius 1 is 1.33 bits per heavy atom. The van der Waals surface area contributed by atoms with Crippen molar-refractivity contribution in [1.82, 2.24) is 10.2 Å². The van der Waals surface area contributed by atoms with E-state index in [-0.39, 0.29) is 6.04 Å². The van der Waals surface area contributed by atoms with E-state index in [0.29, 0.717) is 6.04 Å². The number of carbonyl (C=O) groups is 1. The summed E-state index contributed by atoms with van der Waals surface area (Å²) in [6, 6.07) is 0.695. The number of rotatable bonds is 2. The van der Waals surface area contributed by atoms with Crippen LogP contribution < -0.4 is 5.32 Å². The molecule has 2 rings (SSSR count). The predicted octanol–water partition coefficient (Wildman–Crippen LogP) is 0.507. The first-order valence-electron chi connectivity index (χ1n) is 5.57. The molecular weight excluding hydrogens is 196 g/mol. The van der Waals surface area contributed by atoms with E-state index in [0.717, 1.165) is 45.6 Å². The van der Waals surface area contributed by atoms with Crippen molar-refractivity contribution in [3.05, 3.63) is 0 Å². The quantitative estimate of drug-likeness (QED) is 0.703. The van der Waals surface area contributed by atoms with Gasteiger partial charge in [0, 0.05) is 25.2 Å². The Kier molecular flexibility index (Phi) is 3.43. The van der Waals surface area contributed by atoms with Crippen molar-refractivity contribution in [3.63, 3.8) is 0 Å². The normalized spacial score (nSPS) is 32.8. The van der Waals surface area contributed by atoms with Crippen molar-refractivity contribution >= 4 is 6.09 Å². The third-order valence-corrected chi connectivity index (χ3v) is 3.29. The van der Waals surface area contributed by atoms with Gasteiger partial charge < -0.3 is 15.2 Å². The molecule has 1 saturated carbocycles. The maximum Gasteiger partial charge on any atom is 0.404 e. The fraction of sp³-hybridized carbons (Fsp3) is 0.900. The molecule has 0 spiro atoms. The lowest BCUT2D eigenvalue weighted by Crippen LogP contribution is -2.43. The van der Waals surface area contributed by atoms with Crippen LogP contribution in [0, 0.1) is 0 Å². The van der Waals surface area contributed by atoms with Crippen LogP contribution in [0.15, 0.2) is 0 Å². The van der Waals surface area contributed by atoms with Crippen LogP contribution in [-0.2, 0) is 4.74 Å². The van der Waals surface area contributed by atoms with Gasteiger partial charge in [-0.1, -0.05) is 0 Å². The van der Waals surface area contributed by atoms with E-state index in [1.165, 1.54) is 0 Å². The van der Waals surface area contributed by atoms with Crippen LogP contribution in [0.25, 0.3) is 0 Å². The Bertz CT molecular complexity index is 229. The van der Waals surface area contributed by atoms with E-state index in [4.69, 9.17) is 9.84 Å². The van der Waals surface area contributed by atoms with Gasteiger partial charge in [-0.05, 0) is 19.3 Å². The molecule has 0 unspecified atom stereocenters. The Morgan fingerprint density at radius 2 is 2.07 bits per heavy atom. The average molecular weight is 214 g/mol. The lowest BCUT2D eigenvalue weighted by atomic mass is 10.2. The van der Waals surface area contributed by atoms with Gasteiger partial charge in [-0.25, -0.2) is 4.79 Å². The molecule has 2 atom stereocenters. The van der Waals surface area contributed by atoms with Gasteiger partial charge in [0.25, 0.3) is 0 Å². The van der Waals surface area contributed by atoms with Gasteiger partial charge >= 0.3 is 6.09 Å². The summed E-state index contributed by atoms with van der Waals surface area (Å²) in [4.78, 5) is 12.9. The molecule has 1 amide bonds. The first-order chi connectivity index (χ1) is 7.25. The van der Waals surface area contributed by atoms with Crippen LogP contribution in [0.4, 0.5) is 4.79 Å². The number of nitrogens with one attached hydrogen (secondary N) is 1. The molecule has 2 aliphatic rings. The molecule has 1 saturated heterocycles. The van der Waals surface area contributed by atoms with Crippen molar-refractivity contribution < 1.29 is 14.6 Å². The van der Waals surface area contributed by atoms with Gasteiger partial charge in [-0.3, -0.25) is 4.90 Å². The molecule has 1 heterocycles. The number of ether oxygens (including phenoxy) is 1. The van der Waals surface area contributed by atoms with Crippen molar-refractivity contribution in [2.24, 2.45) is 0 Å². The van der Waals surface area contributed by atoms with Crippen molar-refractivity contribution in [2.75, 3.05) is 26.3 Å². The Morgan fingerprint density at radius 3 is 2.73 bits per heavy atom. The maximum atomic E-state index is 10.5. The van der Waals surface area contributed by atoms with E-state index < -0.39 is 6.09 Å². The lowest BCUT2D eigenvalue weighted by molar-refractivity contribution is 0.0176. The molecule has 0 aromatic heterocycles. The Hall–Kier alpha value is -0.810. The molecule has 2 fully saturated rings. The number of carboxylic acid groups (broad SMARTS) is 1. The number of hydrogen-bond donors (Lipinski definition) is 2. The zero-order valence-corrected chi connectivity index (χ0v) is 8.82. The summed E-state index contributed by atoms with van der Waals surface area (Å²) in [7, 11) is 0. The van der Waals surface area contributed by atoms with Gasteiger partial charge in [0.2, 0.25) is 0 Å². The van der Waals surface area contributed by atoms with Gasteiger partial charge in [0.1, 0.15) is 0 Å². The molecule has 5 heteroatoms. The van der Waals surface area contributed by atoms with E-state index in [1.807, 2.05) is 0 Å². The summed E-state index contributed by atoms with van der Waals surface area (Å²) in [5, 5.41) is 11.2. The van der Waals surface area contributed by atoms with Crippen molar-refractivity contribution in [3.8, 4) is 0 Å². The highest BCUT2D eigenvalue weighted by Gasteiger charge is 2.30. The highest BCUT2D eigenvalue weighted by Crippen LogP contribution is 2.24. The molecule has 0 aromatic rings. The molecule has 0 bridgehead atoms. The third kappa shape index (κ3) is 2.82. The highest BCUT2D eigenvalue weighted by atomic mass is 16.5. The van der Waals surface area contributed by atoms with Crippen LogP contribution in [0.2, 0.25) is 0 Å². The summed E-state index contributed by atoms with van der Waals surface area (Å²) in [5.41, 5.74) is 0. The third-order valence-electron chi connectivity index (χ3n) is 3.29. The van der Waals surface area contributed by atoms with E-state index in [1.54, 1.807) is 0 Å². The highest BCUT2D eigenvalue weighted by molar-refractivity contribution is 5.64. The van der Waals surface area contributed by atoms with Crippen molar-refractivity contribution in [1.29, 1.82) is 0 Å². The first kappa shape index (κ1) is 10.7. The molecule has 1 aliphatic carbocycles. The fourth-order valence-electron chi connectivity index (χ4n) is 2.54. The molecule has 5 nitrogen and oxygen atoms in total. The van der Waals surface area contributed by atoms with Gasteiger partial charge in [0.15, 0.2) is 0 Å². The van der Waals surface area contributed by atoms with Crippen LogP contribution >= 0.6 is 0 Å². The SMILES string of the molecule is O=C(O)N[C@H]1CC[C@@H](N2CCOCC2)C1. The molecule has 0 aromatic carbocycles. The first-order valence-corrected chi connectivity index (χ1v) is 5.57. The second-order valence-corrected chi connectivity index (χ2v) is 4.26. The second kappa shape index (κ2) is 4.81. The summed E-state index contributed by atoms with van der Waals surface area (Å²) in [5.74, 6) is 0. The topological polar surface area (TPSA) is 61.8 Å². The molecule has 86 valence electrons. The summed E-state index contributed by atoms with van der Waals surface area (Å²) >= 11 is 0. The molecule has 0 radical (unpaired) electrons. The van der Waals surface area contributed by atoms with Gasteiger partial charge in [0.05, 0.1) is 13.2 Å². The Labute approximate surface area is 89.4 Å². The molecular formula is C10H18N2O3. The summed E-state index contributed by atoms with van der Waals surface area (Å²) in [6.45, 7) is 3.61. The number of nitrogens with zero attached hydrogens (tertiary/aromatic N) is 1. The van der Waals surface area contributed by atoms with E-state index >= 15 is 0 Å². The Balaban J connectivity index is 1.78. The van der Waals surface area contributed by atoms with Gasteiger partial charge in [-0.15, -0.1) is 0 Å². The summed E-state index contributed by atoms with van der Waals surface area (Å²) in [6.07, 6.45) is 2.12. The minimum atomic E-state index is -0.900. The number of morpholine rings is 1. The minimum Gasteiger partial charge on any atom is -0.465 e. The number of hydrogen-bond acceptors (Lipinski definition) is 3. The lowest BCUT2D eigenvalue weighted by Gasteiger charge is -2.32. The number of amides is 1. The molecule has 2 N–H and O–H groups in total. The monoisotopic (exact) mass is 214 g/mol. The standard InChI is InChI=1S/C10H18N2O3/c13-10(14)11-8-1-2-9(7-8)12-3-5-15-6-4-12/h8-9,11H,1-7H2,(H,13,14)/t8-,9+/m0/s1. The van der Waals surface area contributed by atoms with Crippen LogP contribution in [0.5, 0.6) is 0 Å². The van der Waals surface area contributed by atoms with Crippen LogP contribution in [0.3, 0.4) is 0 Å².